The maximum atomic E-state index is 12.7. The highest BCUT2D eigenvalue weighted by Crippen LogP contribution is 2.20. The number of rotatable bonds is 9. The largest absolute Gasteiger partial charge is 0.469 e. The molecule has 0 spiro atoms. The average molecular weight is 352 g/mol. The van der Waals surface area contributed by atoms with Crippen LogP contribution < -0.4 is 0 Å². The molecule has 0 bridgehead atoms. The molecule has 138 valence electrons. The van der Waals surface area contributed by atoms with E-state index in [4.69, 9.17) is 0 Å². The van der Waals surface area contributed by atoms with Gasteiger partial charge in [-0.05, 0) is 6.42 Å². The van der Waals surface area contributed by atoms with Crippen LogP contribution in [0.15, 0.2) is 24.3 Å². The summed E-state index contributed by atoms with van der Waals surface area (Å²) < 4.78 is 4.68. The van der Waals surface area contributed by atoms with Crippen LogP contribution in [0.1, 0.15) is 25.8 Å². The predicted molar refractivity (Wildman–Crippen MR) is 90.9 cm³/mol. The maximum absolute atomic E-state index is 12.7. The van der Waals surface area contributed by atoms with E-state index in [1.54, 1.807) is 13.0 Å². The first-order valence-corrected chi connectivity index (χ1v) is 8.06. The summed E-state index contributed by atoms with van der Waals surface area (Å²) in [6.07, 6.45) is 0.314. The number of aliphatic hydroxyl groups is 1. The van der Waals surface area contributed by atoms with Crippen molar-refractivity contribution in [3.05, 3.63) is 39.9 Å². The Hall–Kier alpha value is -2.48. The van der Waals surface area contributed by atoms with E-state index in [0.717, 1.165) is 0 Å². The first kappa shape index (κ1) is 20.6. The zero-order valence-electron chi connectivity index (χ0n) is 14.7. The van der Waals surface area contributed by atoms with Gasteiger partial charge in [0.1, 0.15) is 0 Å². The summed E-state index contributed by atoms with van der Waals surface area (Å²) in [6.45, 7) is 3.26. The number of carbonyl (C=O) groups is 2. The number of amides is 1. The van der Waals surface area contributed by atoms with Crippen molar-refractivity contribution in [3.8, 4) is 0 Å². The number of aliphatic hydroxyl groups excluding tert-OH is 1. The Bertz CT molecular complexity index is 615. The minimum atomic E-state index is -0.569. The normalized spacial score (nSPS) is 13.0. The first-order chi connectivity index (χ1) is 11.8. The van der Waals surface area contributed by atoms with Gasteiger partial charge in [0.25, 0.3) is 5.69 Å². The zero-order valence-corrected chi connectivity index (χ0v) is 14.7. The maximum Gasteiger partial charge on any atom is 0.310 e. The van der Waals surface area contributed by atoms with Gasteiger partial charge >= 0.3 is 5.97 Å². The van der Waals surface area contributed by atoms with Crippen molar-refractivity contribution in [2.75, 3.05) is 20.3 Å². The Labute approximate surface area is 146 Å². The van der Waals surface area contributed by atoms with Gasteiger partial charge in [0.2, 0.25) is 5.91 Å². The third kappa shape index (κ3) is 5.53. The zero-order chi connectivity index (χ0) is 19.0. The van der Waals surface area contributed by atoms with E-state index in [1.807, 2.05) is 6.92 Å². The molecule has 2 unspecified atom stereocenters. The lowest BCUT2D eigenvalue weighted by molar-refractivity contribution is -0.385. The number of nitro groups is 1. The van der Waals surface area contributed by atoms with E-state index in [-0.39, 0.29) is 31.2 Å². The van der Waals surface area contributed by atoms with Crippen molar-refractivity contribution < 1.29 is 24.4 Å². The minimum Gasteiger partial charge on any atom is -0.469 e. The first-order valence-electron chi connectivity index (χ1n) is 8.06. The van der Waals surface area contributed by atoms with Gasteiger partial charge in [-0.1, -0.05) is 32.0 Å². The molecule has 0 radical (unpaired) electrons. The van der Waals surface area contributed by atoms with Crippen molar-refractivity contribution in [1.82, 2.24) is 4.90 Å². The summed E-state index contributed by atoms with van der Waals surface area (Å²) in [7, 11) is 1.27. The molecular formula is C17H24N2O6. The lowest BCUT2D eigenvalue weighted by Crippen LogP contribution is -2.46. The van der Waals surface area contributed by atoms with Crippen LogP contribution in [0.4, 0.5) is 5.69 Å². The highest BCUT2D eigenvalue weighted by atomic mass is 16.6. The molecule has 0 fully saturated rings. The number of esters is 1. The molecule has 1 rings (SSSR count). The van der Waals surface area contributed by atoms with Crippen molar-refractivity contribution in [2.24, 2.45) is 5.92 Å². The monoisotopic (exact) mass is 352 g/mol. The van der Waals surface area contributed by atoms with Crippen molar-refractivity contribution >= 4 is 17.6 Å². The number of carbonyl (C=O) groups excluding carboxylic acids is 2. The van der Waals surface area contributed by atoms with E-state index in [2.05, 4.69) is 4.74 Å². The van der Waals surface area contributed by atoms with Crippen LogP contribution in [-0.4, -0.2) is 53.1 Å². The van der Waals surface area contributed by atoms with E-state index >= 15 is 0 Å². The Balaban J connectivity index is 3.04. The molecule has 2 atom stereocenters. The Kier molecular flexibility index (Phi) is 8.00. The van der Waals surface area contributed by atoms with E-state index < -0.39 is 22.9 Å². The van der Waals surface area contributed by atoms with E-state index in [1.165, 1.54) is 30.2 Å². The number of nitro benzene ring substituents is 1. The number of nitrogens with zero attached hydrogens (tertiary/aromatic N) is 2. The average Bonchev–Trinajstić information content (AvgIpc) is 2.61. The molecule has 1 N–H and O–H groups in total. The molecule has 8 heteroatoms. The summed E-state index contributed by atoms with van der Waals surface area (Å²) >= 11 is 0. The summed E-state index contributed by atoms with van der Waals surface area (Å²) in [5, 5.41) is 20.6. The fraction of sp³-hybridized carbons (Fsp3) is 0.529. The number of ether oxygens (including phenoxy) is 1. The van der Waals surface area contributed by atoms with Crippen molar-refractivity contribution in [2.45, 2.75) is 32.7 Å². The second-order valence-electron chi connectivity index (χ2n) is 5.78. The topological polar surface area (TPSA) is 110 Å². The van der Waals surface area contributed by atoms with Crippen molar-refractivity contribution in [1.29, 1.82) is 0 Å². The SMILES string of the molecule is CCC(CO)N(CC(C)C(=O)OC)C(=O)Cc1ccccc1[N+](=O)[O-]. The van der Waals surface area contributed by atoms with Crippen LogP contribution in [-0.2, 0) is 20.7 Å². The van der Waals surface area contributed by atoms with Crippen LogP contribution in [0.3, 0.4) is 0 Å². The van der Waals surface area contributed by atoms with Crippen LogP contribution in [0.5, 0.6) is 0 Å². The van der Waals surface area contributed by atoms with Gasteiger partial charge in [-0.2, -0.15) is 0 Å². The highest BCUT2D eigenvalue weighted by molar-refractivity contribution is 5.81. The summed E-state index contributed by atoms with van der Waals surface area (Å²) in [6, 6.07) is 5.56. The summed E-state index contributed by atoms with van der Waals surface area (Å²) in [5.74, 6) is -1.41. The summed E-state index contributed by atoms with van der Waals surface area (Å²) in [4.78, 5) is 36.4. The molecule has 0 saturated carbocycles. The Morgan fingerprint density at radius 3 is 2.52 bits per heavy atom. The number of hydrogen-bond acceptors (Lipinski definition) is 6. The van der Waals surface area contributed by atoms with Crippen LogP contribution in [0.25, 0.3) is 0 Å². The number of hydrogen-bond donors (Lipinski definition) is 1. The fourth-order valence-corrected chi connectivity index (χ4v) is 2.58. The predicted octanol–water partition coefficient (Wildman–Crippen LogP) is 1.55. The molecule has 0 aliphatic rings. The number of methoxy groups -OCH3 is 1. The molecule has 1 aromatic rings. The molecule has 0 saturated heterocycles. The lowest BCUT2D eigenvalue weighted by atomic mass is 10.0. The lowest BCUT2D eigenvalue weighted by Gasteiger charge is -2.31. The third-order valence-electron chi connectivity index (χ3n) is 4.05. The van der Waals surface area contributed by atoms with Gasteiger partial charge in [0.05, 0.1) is 37.0 Å². The summed E-state index contributed by atoms with van der Waals surface area (Å²) in [5.41, 5.74) is 0.162. The van der Waals surface area contributed by atoms with Gasteiger partial charge in [0, 0.05) is 18.2 Å². The van der Waals surface area contributed by atoms with Gasteiger partial charge in [0.15, 0.2) is 0 Å². The Morgan fingerprint density at radius 2 is 2.00 bits per heavy atom. The minimum absolute atomic E-state index is 0.0746. The smallest absolute Gasteiger partial charge is 0.310 e. The molecule has 1 amide bonds. The second kappa shape index (κ2) is 9.73. The molecule has 25 heavy (non-hydrogen) atoms. The standard InChI is InChI=1S/C17H24N2O6/c1-4-14(11-20)18(10-12(2)17(22)25-3)16(21)9-13-7-5-6-8-15(13)19(23)24/h5-8,12,14,20H,4,9-11H2,1-3H3. The van der Waals surface area contributed by atoms with Gasteiger partial charge in [-0.3, -0.25) is 19.7 Å². The van der Waals surface area contributed by atoms with Gasteiger partial charge in [-0.25, -0.2) is 0 Å². The Morgan fingerprint density at radius 1 is 1.36 bits per heavy atom. The van der Waals surface area contributed by atoms with Crippen LogP contribution in [0.2, 0.25) is 0 Å². The molecule has 1 aromatic carbocycles. The second-order valence-corrected chi connectivity index (χ2v) is 5.78. The van der Waals surface area contributed by atoms with Crippen LogP contribution >= 0.6 is 0 Å². The van der Waals surface area contributed by atoms with Crippen molar-refractivity contribution in [3.63, 3.8) is 0 Å². The highest BCUT2D eigenvalue weighted by Gasteiger charge is 2.28. The van der Waals surface area contributed by atoms with Crippen LogP contribution in [0, 0.1) is 16.0 Å². The molecule has 0 aromatic heterocycles. The van der Waals surface area contributed by atoms with E-state index in [9.17, 15) is 24.8 Å². The molecular weight excluding hydrogens is 328 g/mol. The van der Waals surface area contributed by atoms with Gasteiger partial charge in [-0.15, -0.1) is 0 Å². The molecule has 0 aliphatic heterocycles. The molecule has 0 heterocycles. The molecule has 8 nitrogen and oxygen atoms in total. The van der Waals surface area contributed by atoms with E-state index in [0.29, 0.717) is 12.0 Å². The quantitative estimate of drug-likeness (QED) is 0.410. The fourth-order valence-electron chi connectivity index (χ4n) is 2.58. The molecule has 0 aliphatic carbocycles. The number of benzene rings is 1. The van der Waals surface area contributed by atoms with Gasteiger partial charge < -0.3 is 14.7 Å². The number of para-hydroxylation sites is 1. The third-order valence-corrected chi connectivity index (χ3v) is 4.05.